The van der Waals surface area contributed by atoms with Gasteiger partial charge < -0.3 is 4.90 Å². The average molecular weight is 187 g/mol. The molecule has 0 atom stereocenters. The maximum atomic E-state index is 11.1. The molecule has 5 nitrogen and oxygen atoms in total. The SMILES string of the molecule is NNC(=O)CN1C=CSCC1=O. The third kappa shape index (κ3) is 2.24. The molecular formula is C6H9N3O2S. The van der Waals surface area contributed by atoms with E-state index in [1.165, 1.54) is 16.7 Å². The molecule has 0 bridgehead atoms. The first-order chi connectivity index (χ1) is 5.74. The Kier molecular flexibility index (Phi) is 3.12. The third-order valence-electron chi connectivity index (χ3n) is 1.34. The van der Waals surface area contributed by atoms with Crippen molar-refractivity contribution in [3.05, 3.63) is 11.6 Å². The summed E-state index contributed by atoms with van der Waals surface area (Å²) in [6, 6.07) is 0. The van der Waals surface area contributed by atoms with Crippen LogP contribution < -0.4 is 11.3 Å². The molecule has 1 aliphatic rings. The van der Waals surface area contributed by atoms with E-state index in [9.17, 15) is 9.59 Å². The van der Waals surface area contributed by atoms with E-state index in [-0.39, 0.29) is 18.4 Å². The zero-order valence-corrected chi connectivity index (χ0v) is 7.13. The molecule has 1 heterocycles. The van der Waals surface area contributed by atoms with Gasteiger partial charge in [0, 0.05) is 6.20 Å². The number of rotatable bonds is 2. The van der Waals surface area contributed by atoms with Crippen LogP contribution >= 0.6 is 11.8 Å². The quantitative estimate of drug-likeness (QED) is 0.331. The van der Waals surface area contributed by atoms with Crippen LogP contribution in [-0.2, 0) is 9.59 Å². The van der Waals surface area contributed by atoms with Crippen molar-refractivity contribution in [2.24, 2.45) is 5.84 Å². The van der Waals surface area contributed by atoms with Crippen LogP contribution in [0.2, 0.25) is 0 Å². The van der Waals surface area contributed by atoms with Crippen molar-refractivity contribution in [3.8, 4) is 0 Å². The van der Waals surface area contributed by atoms with E-state index in [0.717, 1.165) is 0 Å². The van der Waals surface area contributed by atoms with E-state index in [1.54, 1.807) is 11.6 Å². The molecule has 12 heavy (non-hydrogen) atoms. The monoisotopic (exact) mass is 187 g/mol. The van der Waals surface area contributed by atoms with Gasteiger partial charge in [-0.15, -0.1) is 11.8 Å². The van der Waals surface area contributed by atoms with Crippen molar-refractivity contribution in [1.82, 2.24) is 10.3 Å². The van der Waals surface area contributed by atoms with Gasteiger partial charge in [-0.25, -0.2) is 5.84 Å². The van der Waals surface area contributed by atoms with Crippen LogP contribution in [0.4, 0.5) is 0 Å². The summed E-state index contributed by atoms with van der Waals surface area (Å²) in [6.45, 7) is -0.00755. The Morgan fingerprint density at radius 2 is 2.58 bits per heavy atom. The summed E-state index contributed by atoms with van der Waals surface area (Å²) in [5.74, 6) is 4.80. The molecule has 1 aliphatic heterocycles. The number of nitrogens with one attached hydrogen (secondary N) is 1. The van der Waals surface area contributed by atoms with Crippen LogP contribution in [0.15, 0.2) is 11.6 Å². The standard InChI is InChI=1S/C6H9N3O2S/c7-8-5(10)3-9-1-2-12-4-6(9)11/h1-2H,3-4,7H2,(H,8,10). The summed E-state index contributed by atoms with van der Waals surface area (Å²) in [4.78, 5) is 23.2. The normalized spacial score (nSPS) is 16.4. The van der Waals surface area contributed by atoms with Gasteiger partial charge in [0.15, 0.2) is 0 Å². The molecule has 6 heteroatoms. The number of carbonyl (C=O) groups excluding carboxylic acids is 2. The lowest BCUT2D eigenvalue weighted by atomic mass is 10.5. The molecule has 0 aliphatic carbocycles. The molecule has 1 rings (SSSR count). The molecule has 3 N–H and O–H groups in total. The summed E-state index contributed by atoms with van der Waals surface area (Å²) in [7, 11) is 0. The summed E-state index contributed by atoms with van der Waals surface area (Å²) in [5.41, 5.74) is 1.96. The lowest BCUT2D eigenvalue weighted by molar-refractivity contribution is -0.131. The summed E-state index contributed by atoms with van der Waals surface area (Å²) in [5, 5.41) is 1.77. The summed E-state index contributed by atoms with van der Waals surface area (Å²) in [6.07, 6.45) is 1.58. The second kappa shape index (κ2) is 4.13. The van der Waals surface area contributed by atoms with Gasteiger partial charge in [-0.3, -0.25) is 15.0 Å². The van der Waals surface area contributed by atoms with Gasteiger partial charge >= 0.3 is 0 Å². The van der Waals surface area contributed by atoms with Crippen molar-refractivity contribution < 1.29 is 9.59 Å². The summed E-state index contributed by atoms with van der Waals surface area (Å²) < 4.78 is 0. The molecule has 2 amide bonds. The lowest BCUT2D eigenvalue weighted by Gasteiger charge is -2.19. The molecule has 0 saturated heterocycles. The fraction of sp³-hybridized carbons (Fsp3) is 0.333. The number of nitrogens with two attached hydrogens (primary N) is 1. The maximum absolute atomic E-state index is 11.1. The van der Waals surface area contributed by atoms with E-state index >= 15 is 0 Å². The van der Waals surface area contributed by atoms with Crippen LogP contribution in [0.5, 0.6) is 0 Å². The Hall–Kier alpha value is -1.01. The van der Waals surface area contributed by atoms with E-state index in [2.05, 4.69) is 0 Å². The highest BCUT2D eigenvalue weighted by Crippen LogP contribution is 2.11. The average Bonchev–Trinajstić information content (AvgIpc) is 2.09. The summed E-state index contributed by atoms with van der Waals surface area (Å²) >= 11 is 1.41. The van der Waals surface area contributed by atoms with Crippen molar-refractivity contribution >= 4 is 23.6 Å². The largest absolute Gasteiger partial charge is 0.308 e. The van der Waals surface area contributed by atoms with Crippen LogP contribution in [-0.4, -0.2) is 29.0 Å². The zero-order valence-electron chi connectivity index (χ0n) is 6.32. The smallest absolute Gasteiger partial charge is 0.253 e. The molecule has 0 saturated carbocycles. The molecule has 0 fully saturated rings. The molecule has 66 valence electrons. The minimum atomic E-state index is -0.375. The second-order valence-electron chi connectivity index (χ2n) is 2.19. The van der Waals surface area contributed by atoms with Gasteiger partial charge in [0.2, 0.25) is 5.91 Å². The van der Waals surface area contributed by atoms with Gasteiger partial charge in [0.25, 0.3) is 5.91 Å². The van der Waals surface area contributed by atoms with Gasteiger partial charge in [-0.05, 0) is 5.41 Å². The van der Waals surface area contributed by atoms with Gasteiger partial charge in [-0.1, -0.05) is 0 Å². The van der Waals surface area contributed by atoms with Gasteiger partial charge in [0.1, 0.15) is 6.54 Å². The highest BCUT2D eigenvalue weighted by Gasteiger charge is 2.16. The number of hydrogen-bond acceptors (Lipinski definition) is 4. The maximum Gasteiger partial charge on any atom is 0.253 e. The molecule has 0 aromatic carbocycles. The van der Waals surface area contributed by atoms with Gasteiger partial charge in [-0.2, -0.15) is 0 Å². The van der Waals surface area contributed by atoms with Gasteiger partial charge in [0.05, 0.1) is 5.75 Å². The molecule has 0 aromatic rings. The highest BCUT2D eigenvalue weighted by molar-refractivity contribution is 8.02. The Labute approximate surface area is 73.9 Å². The minimum absolute atomic E-state index is 0.00755. The van der Waals surface area contributed by atoms with E-state index in [1.807, 2.05) is 5.43 Å². The van der Waals surface area contributed by atoms with Crippen LogP contribution in [0.25, 0.3) is 0 Å². The Bertz CT molecular complexity index is 229. The predicted octanol–water partition coefficient (Wildman–Crippen LogP) is -0.977. The number of nitrogens with zero attached hydrogens (tertiary/aromatic N) is 1. The van der Waals surface area contributed by atoms with Crippen LogP contribution in [0, 0.1) is 0 Å². The minimum Gasteiger partial charge on any atom is -0.308 e. The molecule has 0 aromatic heterocycles. The molecular weight excluding hydrogens is 178 g/mol. The lowest BCUT2D eigenvalue weighted by Crippen LogP contribution is -2.41. The first-order valence-corrected chi connectivity index (χ1v) is 4.36. The Morgan fingerprint density at radius 1 is 1.83 bits per heavy atom. The van der Waals surface area contributed by atoms with Crippen molar-refractivity contribution in [2.75, 3.05) is 12.3 Å². The first kappa shape index (κ1) is 9.08. The molecule has 0 radical (unpaired) electrons. The highest BCUT2D eigenvalue weighted by atomic mass is 32.2. The Morgan fingerprint density at radius 3 is 3.17 bits per heavy atom. The van der Waals surface area contributed by atoms with E-state index in [0.29, 0.717) is 5.75 Å². The van der Waals surface area contributed by atoms with E-state index < -0.39 is 0 Å². The second-order valence-corrected chi connectivity index (χ2v) is 3.08. The van der Waals surface area contributed by atoms with Crippen molar-refractivity contribution in [3.63, 3.8) is 0 Å². The van der Waals surface area contributed by atoms with Crippen molar-refractivity contribution in [2.45, 2.75) is 0 Å². The topological polar surface area (TPSA) is 75.4 Å². The number of thioether (sulfide) groups is 1. The first-order valence-electron chi connectivity index (χ1n) is 3.31. The molecule has 0 unspecified atom stereocenters. The number of hydrogen-bond donors (Lipinski definition) is 2. The fourth-order valence-electron chi connectivity index (χ4n) is 0.743. The van der Waals surface area contributed by atoms with Crippen molar-refractivity contribution in [1.29, 1.82) is 0 Å². The fourth-order valence-corrected chi connectivity index (χ4v) is 1.38. The van der Waals surface area contributed by atoms with Crippen LogP contribution in [0.1, 0.15) is 0 Å². The number of amides is 2. The zero-order chi connectivity index (χ0) is 8.97. The predicted molar refractivity (Wildman–Crippen MR) is 45.6 cm³/mol. The van der Waals surface area contributed by atoms with Crippen LogP contribution in [0.3, 0.4) is 0 Å². The number of carbonyl (C=O) groups is 2. The number of hydrazine groups is 1. The molecule has 0 spiro atoms. The third-order valence-corrected chi connectivity index (χ3v) is 2.07. The van der Waals surface area contributed by atoms with E-state index in [4.69, 9.17) is 5.84 Å². The Balaban J connectivity index is 2.50.